The topological polar surface area (TPSA) is 45.6 Å². The Bertz CT molecular complexity index is 704. The molecule has 1 aliphatic rings. The van der Waals surface area contributed by atoms with Crippen LogP contribution in [0, 0.1) is 6.92 Å². The second-order valence-electron chi connectivity index (χ2n) is 4.87. The van der Waals surface area contributed by atoms with Crippen molar-refractivity contribution in [2.24, 2.45) is 5.10 Å². The van der Waals surface area contributed by atoms with Crippen molar-refractivity contribution < 1.29 is 4.79 Å². The number of rotatable bonds is 3. The minimum absolute atomic E-state index is 0.0736. The van der Waals surface area contributed by atoms with Gasteiger partial charge in [-0.25, -0.2) is 0 Å². The van der Waals surface area contributed by atoms with Crippen molar-refractivity contribution in [3.63, 3.8) is 0 Å². The molecule has 2 heterocycles. The van der Waals surface area contributed by atoms with Gasteiger partial charge in [0.2, 0.25) is 0 Å². The molecule has 0 amide bonds. The highest BCUT2D eigenvalue weighted by Crippen LogP contribution is 2.33. The maximum Gasteiger partial charge on any atom is 0.144 e. The van der Waals surface area contributed by atoms with Gasteiger partial charge in [0.25, 0.3) is 0 Å². The average Bonchev–Trinajstić information content (AvgIpc) is 2.53. The third-order valence-corrected chi connectivity index (χ3v) is 3.45. The Morgan fingerprint density at radius 3 is 2.81 bits per heavy atom. The van der Waals surface area contributed by atoms with Crippen LogP contribution in [0.3, 0.4) is 0 Å². The molecule has 0 bridgehead atoms. The number of benzene rings is 1. The second kappa shape index (κ2) is 5.71. The van der Waals surface area contributed by atoms with Crippen molar-refractivity contribution in [2.45, 2.75) is 13.0 Å². The molecule has 0 saturated carbocycles. The van der Waals surface area contributed by atoms with Crippen LogP contribution in [0.2, 0.25) is 0 Å². The molecule has 2 aromatic rings. The summed E-state index contributed by atoms with van der Waals surface area (Å²) in [7, 11) is 0. The average molecular weight is 277 g/mol. The van der Waals surface area contributed by atoms with Crippen molar-refractivity contribution >= 4 is 12.5 Å². The highest BCUT2D eigenvalue weighted by Gasteiger charge is 2.25. The van der Waals surface area contributed by atoms with E-state index < -0.39 is 0 Å². The highest BCUT2D eigenvalue weighted by molar-refractivity contribution is 5.83. The maximum atomic E-state index is 10.6. The number of hydrazone groups is 1. The molecule has 0 fully saturated rings. The molecule has 21 heavy (non-hydrogen) atoms. The van der Waals surface area contributed by atoms with Crippen LogP contribution in [0.1, 0.15) is 28.4 Å². The Kier molecular flexibility index (Phi) is 3.60. The van der Waals surface area contributed by atoms with Crippen LogP contribution in [-0.4, -0.2) is 22.5 Å². The van der Waals surface area contributed by atoms with Gasteiger partial charge in [-0.15, -0.1) is 0 Å². The summed E-state index contributed by atoms with van der Waals surface area (Å²) in [5.41, 5.74) is 4.24. The molecule has 3 rings (SSSR count). The summed E-state index contributed by atoms with van der Waals surface area (Å²) in [6.45, 7) is 1.96. The van der Waals surface area contributed by atoms with Gasteiger partial charge in [-0.3, -0.25) is 14.8 Å². The number of carbonyl (C=O) groups excluding carboxylic acids is 1. The van der Waals surface area contributed by atoms with Gasteiger partial charge < -0.3 is 0 Å². The number of aryl methyl sites for hydroxylation is 1. The number of fused-ring (bicyclic) bond motifs is 1. The van der Waals surface area contributed by atoms with E-state index in [-0.39, 0.29) is 6.04 Å². The van der Waals surface area contributed by atoms with Crippen molar-refractivity contribution in [2.75, 3.05) is 0 Å². The molecule has 0 saturated heterocycles. The molecule has 1 aliphatic heterocycles. The number of nitrogens with zero attached hydrogens (tertiary/aromatic N) is 3. The summed E-state index contributed by atoms with van der Waals surface area (Å²) in [6, 6.07) is 12.1. The van der Waals surface area contributed by atoms with Gasteiger partial charge in [0.1, 0.15) is 12.3 Å². The predicted octanol–water partition coefficient (Wildman–Crippen LogP) is 2.84. The lowest BCUT2D eigenvalue weighted by Gasteiger charge is -2.31. The summed E-state index contributed by atoms with van der Waals surface area (Å²) in [5, 5.41) is 6.20. The molecule has 0 N–H and O–H groups in total. The van der Waals surface area contributed by atoms with E-state index in [9.17, 15) is 4.79 Å². The first-order chi connectivity index (χ1) is 10.3. The fourth-order valence-electron chi connectivity index (χ4n) is 2.44. The molecule has 1 aromatic heterocycles. The van der Waals surface area contributed by atoms with Gasteiger partial charge in [0.05, 0.1) is 6.21 Å². The lowest BCUT2D eigenvalue weighted by atomic mass is 9.94. The largest absolute Gasteiger partial charge is 0.299 e. The van der Waals surface area contributed by atoms with E-state index in [0.29, 0.717) is 0 Å². The van der Waals surface area contributed by atoms with E-state index in [1.807, 2.05) is 49.7 Å². The Labute approximate surface area is 123 Å². The molecule has 0 radical (unpaired) electrons. The lowest BCUT2D eigenvalue weighted by molar-refractivity contribution is -0.104. The van der Waals surface area contributed by atoms with Crippen LogP contribution in [0.15, 0.2) is 60.0 Å². The zero-order valence-corrected chi connectivity index (χ0v) is 11.7. The van der Waals surface area contributed by atoms with Crippen LogP contribution in [-0.2, 0) is 4.79 Å². The fourth-order valence-corrected chi connectivity index (χ4v) is 2.44. The van der Waals surface area contributed by atoms with Gasteiger partial charge in [0, 0.05) is 23.7 Å². The first kappa shape index (κ1) is 13.2. The van der Waals surface area contributed by atoms with Gasteiger partial charge in [-0.05, 0) is 30.2 Å². The molecule has 0 unspecified atom stereocenters. The maximum absolute atomic E-state index is 10.6. The lowest BCUT2D eigenvalue weighted by Crippen LogP contribution is -2.24. The molecule has 4 heteroatoms. The van der Waals surface area contributed by atoms with Gasteiger partial charge >= 0.3 is 0 Å². The van der Waals surface area contributed by atoms with E-state index in [1.54, 1.807) is 11.2 Å². The van der Waals surface area contributed by atoms with Crippen LogP contribution in [0.25, 0.3) is 0 Å². The van der Waals surface area contributed by atoms with E-state index in [1.165, 1.54) is 6.08 Å². The van der Waals surface area contributed by atoms with Gasteiger partial charge in [-0.2, -0.15) is 5.10 Å². The summed E-state index contributed by atoms with van der Waals surface area (Å²) in [5.74, 6) is 0. The summed E-state index contributed by atoms with van der Waals surface area (Å²) in [4.78, 5) is 15.0. The van der Waals surface area contributed by atoms with Crippen LogP contribution in [0.5, 0.6) is 0 Å². The number of carbonyl (C=O) groups is 1. The quantitative estimate of drug-likeness (QED) is 0.640. The van der Waals surface area contributed by atoms with Crippen molar-refractivity contribution in [1.82, 2.24) is 9.99 Å². The highest BCUT2D eigenvalue weighted by atomic mass is 16.1. The number of hydrogen-bond acceptors (Lipinski definition) is 4. The van der Waals surface area contributed by atoms with Crippen LogP contribution >= 0.6 is 0 Å². The summed E-state index contributed by atoms with van der Waals surface area (Å²) >= 11 is 0. The molecule has 0 spiro atoms. The van der Waals surface area contributed by atoms with Gasteiger partial charge in [-0.1, -0.05) is 30.3 Å². The monoisotopic (exact) mass is 277 g/mol. The molecule has 0 aliphatic carbocycles. The zero-order valence-electron chi connectivity index (χ0n) is 11.7. The number of pyridine rings is 1. The van der Waals surface area contributed by atoms with Crippen molar-refractivity contribution in [3.8, 4) is 0 Å². The van der Waals surface area contributed by atoms with Crippen molar-refractivity contribution in [1.29, 1.82) is 0 Å². The molecule has 1 atom stereocenters. The van der Waals surface area contributed by atoms with Crippen LogP contribution < -0.4 is 0 Å². The molecule has 1 aromatic carbocycles. The summed E-state index contributed by atoms with van der Waals surface area (Å²) < 4.78 is 0. The van der Waals surface area contributed by atoms with Gasteiger partial charge in [0.15, 0.2) is 0 Å². The third kappa shape index (κ3) is 2.60. The minimum atomic E-state index is -0.0736. The fraction of sp³-hybridized carbons (Fsp3) is 0.118. The smallest absolute Gasteiger partial charge is 0.144 e. The third-order valence-electron chi connectivity index (χ3n) is 3.45. The Hall–Kier alpha value is -2.75. The Morgan fingerprint density at radius 1 is 1.19 bits per heavy atom. The van der Waals surface area contributed by atoms with E-state index >= 15 is 0 Å². The standard InChI is InChI=1S/C17H15N3O/c1-13-7-8-15(11-18-13)17-16-6-3-2-5-14(16)12-19-20(17)9-4-10-21/h2-12,17H,1H3/b9-4+/t17-/m0/s1. The van der Waals surface area contributed by atoms with E-state index in [2.05, 4.69) is 16.2 Å². The first-order valence-corrected chi connectivity index (χ1v) is 6.75. The number of aromatic nitrogens is 1. The number of allylic oxidation sites excluding steroid dienone is 1. The Morgan fingerprint density at radius 2 is 2.05 bits per heavy atom. The second-order valence-corrected chi connectivity index (χ2v) is 4.87. The van der Waals surface area contributed by atoms with E-state index in [0.717, 1.165) is 28.7 Å². The van der Waals surface area contributed by atoms with E-state index in [4.69, 9.17) is 0 Å². The molecule has 4 nitrogen and oxygen atoms in total. The number of aldehydes is 1. The predicted molar refractivity (Wildman–Crippen MR) is 81.9 cm³/mol. The SMILES string of the molecule is Cc1ccc([C@H]2c3ccccc3C=NN2/C=C/C=O)cn1. The normalized spacial score (nSPS) is 17.0. The minimum Gasteiger partial charge on any atom is -0.299 e. The molecular formula is C17H15N3O. The zero-order chi connectivity index (χ0) is 14.7. The first-order valence-electron chi connectivity index (χ1n) is 6.75. The molecule has 104 valence electrons. The van der Waals surface area contributed by atoms with Crippen molar-refractivity contribution in [3.05, 3.63) is 77.3 Å². The molecular weight excluding hydrogens is 262 g/mol. The van der Waals surface area contributed by atoms with Crippen LogP contribution in [0.4, 0.5) is 0 Å². The summed E-state index contributed by atoms with van der Waals surface area (Å²) in [6.07, 6.45) is 7.55. The Balaban J connectivity index is 2.10. The number of hydrogen-bond donors (Lipinski definition) is 0.